The zero-order valence-corrected chi connectivity index (χ0v) is 42.0. The Morgan fingerprint density at radius 3 is 2.06 bits per heavy atom. The molecule has 1 aromatic rings. The molecule has 1 aromatic carbocycles. The Kier molecular flexibility index (Phi) is 26.9. The Hall–Kier alpha value is -5.18. The van der Waals surface area contributed by atoms with Gasteiger partial charge in [0.1, 0.15) is 0 Å². The van der Waals surface area contributed by atoms with Gasteiger partial charge < -0.3 is 45.6 Å². The minimum absolute atomic E-state index is 0.0201. The normalized spacial score (nSPS) is 16.2. The van der Waals surface area contributed by atoms with Gasteiger partial charge >= 0.3 is 5.97 Å². The molecule has 0 aliphatic carbocycles. The van der Waals surface area contributed by atoms with E-state index in [0.717, 1.165) is 12.0 Å². The number of aliphatic carboxylic acids is 1. The number of likely N-dealkylation sites (tertiary alicyclic amines) is 1. The van der Waals surface area contributed by atoms with Crippen molar-refractivity contribution in [1.29, 1.82) is 0 Å². The monoisotopic (exact) mass is 961 g/mol. The summed E-state index contributed by atoms with van der Waals surface area (Å²) in [5.74, 6) is -3.76. The Balaban J connectivity index is 1.84. The molecule has 0 radical (unpaired) electrons. The number of carbonyl (C=O) groups excluding carboxylic acids is 7. The fourth-order valence-electron chi connectivity index (χ4n) is 8.63. The molecule has 6 N–H and O–H groups in total. The summed E-state index contributed by atoms with van der Waals surface area (Å²) >= 11 is 0. The predicted molar refractivity (Wildman–Crippen MR) is 255 cm³/mol. The second kappa shape index (κ2) is 31.0. The molecular formula is C48H80N8O12. The molecule has 68 heavy (non-hydrogen) atoms. The minimum atomic E-state index is -0.928. The zero-order valence-electron chi connectivity index (χ0n) is 42.0. The fraction of sp³-hybridized carbons (Fsp3) is 0.708. The van der Waals surface area contributed by atoms with E-state index in [-0.39, 0.29) is 80.3 Å². The molecule has 20 nitrogen and oxygen atoms in total. The standard InChI is InChI=1S/C48H80N8O12/c1-11-32(4)45(55(8)42(61)29-51-48(65)44(31(2)3)54(6)7)37(66-9)27-41(60)56-26-16-17-36(56)46(67-10)33(5)47(64)50-28-40(59)53-68-30-34-21-23-35(24-22-34)52-39(58)18-13-12-14-25-49-38(57)19-15-20-43(62)63/h21-24,31-33,36-37,44-46H,11-20,25-30H2,1-10H3,(H,49,57)(H,50,64)(H,51,65)(H,52,58)(H,53,59)(H,62,63)/t32-,33+,36-,37+,44?,45-,46+/m0/s1. The van der Waals surface area contributed by atoms with Crippen LogP contribution < -0.4 is 26.7 Å². The molecule has 7 atom stereocenters. The Bertz CT molecular complexity index is 1770. The first-order chi connectivity index (χ1) is 32.2. The van der Waals surface area contributed by atoms with Crippen molar-refractivity contribution in [2.45, 2.75) is 142 Å². The highest BCUT2D eigenvalue weighted by Crippen LogP contribution is 2.29. The van der Waals surface area contributed by atoms with Gasteiger partial charge in [-0.05, 0) is 75.7 Å². The second-order valence-corrected chi connectivity index (χ2v) is 18.2. The van der Waals surface area contributed by atoms with Gasteiger partial charge in [0.25, 0.3) is 5.91 Å². The van der Waals surface area contributed by atoms with Crippen LogP contribution in [0.1, 0.15) is 111 Å². The number of benzene rings is 1. The van der Waals surface area contributed by atoms with E-state index in [1.807, 2.05) is 46.7 Å². The van der Waals surface area contributed by atoms with Crippen LogP contribution in [0.2, 0.25) is 0 Å². The van der Waals surface area contributed by atoms with Crippen molar-refractivity contribution in [2.24, 2.45) is 17.8 Å². The van der Waals surface area contributed by atoms with Crippen LogP contribution in [0, 0.1) is 17.8 Å². The number of likely N-dealkylation sites (N-methyl/N-ethyl adjacent to an activating group) is 2. The van der Waals surface area contributed by atoms with Crippen molar-refractivity contribution in [3.8, 4) is 0 Å². The first-order valence-corrected chi connectivity index (χ1v) is 23.9. The van der Waals surface area contributed by atoms with Crippen molar-refractivity contribution < 1.29 is 57.8 Å². The van der Waals surface area contributed by atoms with Gasteiger partial charge in [-0.25, -0.2) is 5.48 Å². The van der Waals surface area contributed by atoms with E-state index < -0.39 is 54.0 Å². The van der Waals surface area contributed by atoms with Gasteiger partial charge in [-0.2, -0.15) is 0 Å². The first kappa shape index (κ1) is 58.9. The van der Waals surface area contributed by atoms with Gasteiger partial charge in [0.2, 0.25) is 35.4 Å². The van der Waals surface area contributed by atoms with Gasteiger partial charge in [-0.15, -0.1) is 0 Å². The molecule has 1 aliphatic rings. The SMILES string of the molecule is CC[C@H](C)[C@@H]([C@@H](CC(=O)N1CCC[C@H]1[C@H](OC)[C@@H](C)C(=O)NCC(=O)NOCc1ccc(NC(=O)CCCCCNC(=O)CCCC(=O)O)cc1)OC)N(C)C(=O)CNC(=O)C(C(C)C)N(C)C. The number of hydroxylamine groups is 1. The molecule has 384 valence electrons. The van der Waals surface area contributed by atoms with E-state index in [4.69, 9.17) is 19.4 Å². The maximum atomic E-state index is 14.1. The molecule has 0 spiro atoms. The van der Waals surface area contributed by atoms with Crippen LogP contribution in [0.5, 0.6) is 0 Å². The number of unbranched alkanes of at least 4 members (excludes halogenated alkanes) is 2. The summed E-state index contributed by atoms with van der Waals surface area (Å²) in [4.78, 5) is 112. The van der Waals surface area contributed by atoms with Crippen LogP contribution in [-0.4, -0.2) is 159 Å². The van der Waals surface area contributed by atoms with Crippen molar-refractivity contribution in [2.75, 3.05) is 66.9 Å². The van der Waals surface area contributed by atoms with E-state index in [1.165, 1.54) is 14.2 Å². The van der Waals surface area contributed by atoms with Gasteiger partial charge in [0.15, 0.2) is 0 Å². The van der Waals surface area contributed by atoms with Crippen molar-refractivity contribution in [1.82, 2.24) is 36.1 Å². The van der Waals surface area contributed by atoms with Gasteiger partial charge in [0.05, 0.1) is 62.4 Å². The highest BCUT2D eigenvalue weighted by Gasteiger charge is 2.42. The van der Waals surface area contributed by atoms with E-state index in [1.54, 1.807) is 48.0 Å². The highest BCUT2D eigenvalue weighted by atomic mass is 16.6. The molecule has 20 heteroatoms. The number of methoxy groups -OCH3 is 2. The number of rotatable bonds is 32. The van der Waals surface area contributed by atoms with Crippen LogP contribution in [0.25, 0.3) is 0 Å². The third-order valence-electron chi connectivity index (χ3n) is 12.5. The lowest BCUT2D eigenvalue weighted by Crippen LogP contribution is -2.55. The predicted octanol–water partition coefficient (Wildman–Crippen LogP) is 2.84. The second-order valence-electron chi connectivity index (χ2n) is 18.2. The van der Waals surface area contributed by atoms with E-state index >= 15 is 0 Å². The third-order valence-corrected chi connectivity index (χ3v) is 12.5. The topological polar surface area (TPSA) is 254 Å². The molecule has 0 saturated carbocycles. The number of ether oxygens (including phenoxy) is 2. The van der Waals surface area contributed by atoms with E-state index in [0.29, 0.717) is 63.7 Å². The number of hydrogen-bond acceptors (Lipinski definition) is 12. The summed E-state index contributed by atoms with van der Waals surface area (Å²) in [7, 11) is 8.31. The maximum absolute atomic E-state index is 14.1. The zero-order chi connectivity index (χ0) is 50.9. The molecular weight excluding hydrogens is 881 g/mol. The molecule has 1 heterocycles. The summed E-state index contributed by atoms with van der Waals surface area (Å²) in [6.45, 7) is 9.97. The molecule has 7 amide bonds. The van der Waals surface area contributed by atoms with Gasteiger partial charge in [0, 0.05) is 59.3 Å². The summed E-state index contributed by atoms with van der Waals surface area (Å²) in [5.41, 5.74) is 3.64. The smallest absolute Gasteiger partial charge is 0.303 e. The number of hydrogen-bond donors (Lipinski definition) is 6. The fourth-order valence-corrected chi connectivity index (χ4v) is 8.63. The summed E-state index contributed by atoms with van der Waals surface area (Å²) in [6, 6.07) is 5.62. The third kappa shape index (κ3) is 20.2. The summed E-state index contributed by atoms with van der Waals surface area (Å²) in [6.07, 6.45) is 3.48. The molecule has 1 fully saturated rings. The first-order valence-electron chi connectivity index (χ1n) is 23.9. The number of anilines is 1. The lowest BCUT2D eigenvalue weighted by Gasteiger charge is -2.39. The summed E-state index contributed by atoms with van der Waals surface area (Å²) in [5, 5.41) is 19.7. The van der Waals surface area contributed by atoms with Crippen LogP contribution in [0.15, 0.2) is 24.3 Å². The molecule has 0 bridgehead atoms. The molecule has 2 rings (SSSR count). The van der Waals surface area contributed by atoms with E-state index in [2.05, 4.69) is 26.7 Å². The van der Waals surface area contributed by atoms with E-state index in [9.17, 15) is 38.4 Å². The van der Waals surface area contributed by atoms with Crippen molar-refractivity contribution in [3.63, 3.8) is 0 Å². The maximum Gasteiger partial charge on any atom is 0.303 e. The number of carbonyl (C=O) groups is 8. The lowest BCUT2D eigenvalue weighted by atomic mass is 9.90. The average Bonchev–Trinajstić information content (AvgIpc) is 3.78. The van der Waals surface area contributed by atoms with Crippen LogP contribution in [-0.2, 0) is 59.3 Å². The number of nitrogens with one attached hydrogen (secondary N) is 5. The highest BCUT2D eigenvalue weighted by molar-refractivity contribution is 5.91. The number of carboxylic acids is 1. The minimum Gasteiger partial charge on any atom is -0.481 e. The Morgan fingerprint density at radius 2 is 1.46 bits per heavy atom. The van der Waals surface area contributed by atoms with Crippen LogP contribution in [0.3, 0.4) is 0 Å². The largest absolute Gasteiger partial charge is 0.481 e. The molecule has 1 aliphatic heterocycles. The number of carboxylic acid groups (broad SMARTS) is 1. The Labute approximate surface area is 402 Å². The molecule has 1 saturated heterocycles. The van der Waals surface area contributed by atoms with Crippen molar-refractivity contribution >= 4 is 53.0 Å². The molecule has 0 aromatic heterocycles. The lowest BCUT2D eigenvalue weighted by molar-refractivity contribution is -0.146. The van der Waals surface area contributed by atoms with Crippen LogP contribution in [0.4, 0.5) is 5.69 Å². The summed E-state index contributed by atoms with van der Waals surface area (Å²) < 4.78 is 11.8. The molecule has 1 unspecified atom stereocenters. The van der Waals surface area contributed by atoms with Gasteiger partial charge in [-0.1, -0.05) is 59.6 Å². The average molecular weight is 961 g/mol. The number of nitrogens with zero attached hydrogens (tertiary/aromatic N) is 3. The Morgan fingerprint density at radius 1 is 0.794 bits per heavy atom. The van der Waals surface area contributed by atoms with Gasteiger partial charge in [-0.3, -0.25) is 48.1 Å². The number of amides is 7. The van der Waals surface area contributed by atoms with Crippen LogP contribution >= 0.6 is 0 Å². The quantitative estimate of drug-likeness (QED) is 0.0450. The van der Waals surface area contributed by atoms with Crippen molar-refractivity contribution in [3.05, 3.63) is 29.8 Å².